The summed E-state index contributed by atoms with van der Waals surface area (Å²) in [6.07, 6.45) is 0. The third kappa shape index (κ3) is 3.23. The van der Waals surface area contributed by atoms with Gasteiger partial charge in [0.05, 0.1) is 6.04 Å². The molecule has 3 atom stereocenters. The molecule has 0 fully saturated rings. The van der Waals surface area contributed by atoms with Gasteiger partial charge in [-0.2, -0.15) is 11.3 Å². The van der Waals surface area contributed by atoms with Gasteiger partial charge in [0.25, 0.3) is 0 Å². The Labute approximate surface area is 130 Å². The van der Waals surface area contributed by atoms with Crippen LogP contribution in [0.15, 0.2) is 41.1 Å². The van der Waals surface area contributed by atoms with Crippen LogP contribution in [-0.4, -0.2) is 18.0 Å². The van der Waals surface area contributed by atoms with Gasteiger partial charge in [-0.05, 0) is 54.9 Å². The molecule has 20 heavy (non-hydrogen) atoms. The Morgan fingerprint density at radius 2 is 1.90 bits per heavy atom. The van der Waals surface area contributed by atoms with Crippen molar-refractivity contribution in [2.45, 2.75) is 32.0 Å². The van der Waals surface area contributed by atoms with E-state index in [1.807, 2.05) is 18.2 Å². The zero-order valence-electron chi connectivity index (χ0n) is 12.1. The van der Waals surface area contributed by atoms with Crippen molar-refractivity contribution in [1.82, 2.24) is 4.90 Å². The van der Waals surface area contributed by atoms with Crippen LogP contribution >= 0.6 is 22.9 Å². The van der Waals surface area contributed by atoms with Gasteiger partial charge in [0.2, 0.25) is 0 Å². The topological polar surface area (TPSA) is 29.3 Å². The molecule has 2 nitrogen and oxygen atoms in total. The highest BCUT2D eigenvalue weighted by molar-refractivity contribution is 7.07. The van der Waals surface area contributed by atoms with E-state index in [9.17, 15) is 0 Å². The molecule has 3 unspecified atom stereocenters. The second-order valence-electron chi connectivity index (χ2n) is 5.22. The number of benzene rings is 1. The Kier molecular flexibility index (Phi) is 5.22. The molecule has 2 rings (SSSR count). The van der Waals surface area contributed by atoms with Crippen molar-refractivity contribution in [3.63, 3.8) is 0 Å². The smallest absolute Gasteiger partial charge is 0.0507 e. The highest BCUT2D eigenvalue weighted by Crippen LogP contribution is 2.34. The van der Waals surface area contributed by atoms with Crippen molar-refractivity contribution < 1.29 is 0 Å². The second kappa shape index (κ2) is 6.72. The van der Waals surface area contributed by atoms with E-state index in [1.54, 1.807) is 11.3 Å². The third-order valence-corrected chi connectivity index (χ3v) is 4.83. The molecule has 1 aromatic heterocycles. The van der Waals surface area contributed by atoms with Crippen molar-refractivity contribution >= 4 is 22.9 Å². The summed E-state index contributed by atoms with van der Waals surface area (Å²) in [4.78, 5) is 2.30. The molecule has 2 aromatic rings. The lowest BCUT2D eigenvalue weighted by atomic mass is 9.98. The highest BCUT2D eigenvalue weighted by Gasteiger charge is 2.26. The zero-order valence-corrected chi connectivity index (χ0v) is 13.7. The minimum atomic E-state index is 0.0551. The van der Waals surface area contributed by atoms with Crippen LogP contribution in [0.1, 0.15) is 37.1 Å². The summed E-state index contributed by atoms with van der Waals surface area (Å²) in [5, 5.41) is 5.07. The lowest BCUT2D eigenvalue weighted by molar-refractivity contribution is 0.166. The predicted octanol–water partition coefficient (Wildman–Crippen LogP) is 4.48. The molecule has 108 valence electrons. The number of halogens is 1. The van der Waals surface area contributed by atoms with E-state index >= 15 is 0 Å². The monoisotopic (exact) mass is 308 g/mol. The van der Waals surface area contributed by atoms with Gasteiger partial charge >= 0.3 is 0 Å². The molecule has 0 spiro atoms. The summed E-state index contributed by atoms with van der Waals surface area (Å²) in [6, 6.07) is 10.6. The maximum atomic E-state index is 6.32. The Bertz CT molecular complexity index is 539. The maximum Gasteiger partial charge on any atom is 0.0507 e. The van der Waals surface area contributed by atoms with Gasteiger partial charge in [-0.1, -0.05) is 29.8 Å². The average Bonchev–Trinajstić information content (AvgIpc) is 2.92. The van der Waals surface area contributed by atoms with Crippen LogP contribution in [0.4, 0.5) is 0 Å². The maximum absolute atomic E-state index is 6.32. The largest absolute Gasteiger partial charge is 0.326 e. The second-order valence-corrected chi connectivity index (χ2v) is 6.41. The van der Waals surface area contributed by atoms with Crippen molar-refractivity contribution in [1.29, 1.82) is 0 Å². The van der Waals surface area contributed by atoms with Crippen LogP contribution in [0.5, 0.6) is 0 Å². The van der Waals surface area contributed by atoms with Crippen molar-refractivity contribution in [3.8, 4) is 0 Å². The molecule has 0 aliphatic carbocycles. The average molecular weight is 309 g/mol. The fourth-order valence-corrected chi connectivity index (χ4v) is 3.61. The van der Waals surface area contributed by atoms with Crippen molar-refractivity contribution in [2.24, 2.45) is 5.73 Å². The van der Waals surface area contributed by atoms with E-state index < -0.39 is 0 Å². The molecule has 2 N–H and O–H groups in total. The fraction of sp³-hybridized carbons (Fsp3) is 0.375. The Hall–Kier alpha value is -0.870. The third-order valence-electron chi connectivity index (χ3n) is 3.79. The van der Waals surface area contributed by atoms with E-state index in [4.69, 9.17) is 17.3 Å². The number of thiophene rings is 1. The Morgan fingerprint density at radius 3 is 2.45 bits per heavy atom. The van der Waals surface area contributed by atoms with Gasteiger partial charge in [-0.25, -0.2) is 0 Å². The van der Waals surface area contributed by atoms with E-state index in [0.717, 1.165) is 10.6 Å². The summed E-state index contributed by atoms with van der Waals surface area (Å²) in [7, 11) is 2.11. The quantitative estimate of drug-likeness (QED) is 0.882. The van der Waals surface area contributed by atoms with E-state index in [0.29, 0.717) is 0 Å². The van der Waals surface area contributed by atoms with Gasteiger partial charge in [-0.3, -0.25) is 4.90 Å². The van der Waals surface area contributed by atoms with Crippen LogP contribution in [0, 0.1) is 0 Å². The molecule has 0 radical (unpaired) electrons. The molecule has 0 saturated carbocycles. The number of rotatable bonds is 5. The lowest BCUT2D eigenvalue weighted by Gasteiger charge is -2.36. The molecular weight excluding hydrogens is 288 g/mol. The first-order valence-electron chi connectivity index (χ1n) is 6.76. The van der Waals surface area contributed by atoms with Gasteiger partial charge in [0, 0.05) is 17.1 Å². The number of nitrogens with two attached hydrogens (primary N) is 1. The van der Waals surface area contributed by atoms with Gasteiger partial charge < -0.3 is 5.73 Å². The first-order chi connectivity index (χ1) is 9.52. The first kappa shape index (κ1) is 15.5. The predicted molar refractivity (Wildman–Crippen MR) is 88.3 cm³/mol. The summed E-state index contributed by atoms with van der Waals surface area (Å²) >= 11 is 8.02. The SMILES string of the molecule is CC(N)C(c1ccsc1)N(C)C(C)c1ccccc1Cl. The first-order valence-corrected chi connectivity index (χ1v) is 8.08. The zero-order chi connectivity index (χ0) is 14.7. The molecular formula is C16H21ClN2S. The minimum Gasteiger partial charge on any atom is -0.326 e. The lowest BCUT2D eigenvalue weighted by Crippen LogP contribution is -2.38. The van der Waals surface area contributed by atoms with Crippen LogP contribution in [-0.2, 0) is 0 Å². The highest BCUT2D eigenvalue weighted by atomic mass is 35.5. The summed E-state index contributed by atoms with van der Waals surface area (Å²) in [5.74, 6) is 0. The number of likely N-dealkylation sites (N-methyl/N-ethyl adjacent to an activating group) is 1. The minimum absolute atomic E-state index is 0.0551. The fourth-order valence-electron chi connectivity index (χ4n) is 2.63. The molecule has 0 bridgehead atoms. The Balaban J connectivity index is 2.28. The van der Waals surface area contributed by atoms with Crippen molar-refractivity contribution in [3.05, 3.63) is 57.2 Å². The van der Waals surface area contributed by atoms with Crippen LogP contribution < -0.4 is 5.73 Å². The van der Waals surface area contributed by atoms with Gasteiger partial charge in [-0.15, -0.1) is 0 Å². The number of hydrogen-bond acceptors (Lipinski definition) is 3. The summed E-state index contributed by atoms with van der Waals surface area (Å²) in [6.45, 7) is 4.22. The molecule has 4 heteroatoms. The van der Waals surface area contributed by atoms with Crippen LogP contribution in [0.3, 0.4) is 0 Å². The van der Waals surface area contributed by atoms with E-state index in [-0.39, 0.29) is 18.1 Å². The summed E-state index contributed by atoms with van der Waals surface area (Å²) in [5.41, 5.74) is 8.62. The normalized spacial score (nSPS) is 16.1. The van der Waals surface area contributed by atoms with E-state index in [1.165, 1.54) is 5.56 Å². The molecule has 1 aromatic carbocycles. The van der Waals surface area contributed by atoms with Crippen LogP contribution in [0.2, 0.25) is 5.02 Å². The van der Waals surface area contributed by atoms with Crippen LogP contribution in [0.25, 0.3) is 0 Å². The van der Waals surface area contributed by atoms with Gasteiger partial charge in [0.15, 0.2) is 0 Å². The molecule has 0 amide bonds. The molecule has 0 aliphatic heterocycles. The number of nitrogens with zero attached hydrogens (tertiary/aromatic N) is 1. The van der Waals surface area contributed by atoms with Gasteiger partial charge in [0.1, 0.15) is 0 Å². The molecule has 1 heterocycles. The molecule has 0 aliphatic rings. The Morgan fingerprint density at radius 1 is 1.20 bits per heavy atom. The summed E-state index contributed by atoms with van der Waals surface area (Å²) < 4.78 is 0. The standard InChI is InChI=1S/C16H21ClN2S/c1-11(18)16(13-8-9-20-10-13)19(3)12(2)14-6-4-5-7-15(14)17/h4-12,16H,18H2,1-3H3. The molecule has 0 saturated heterocycles. The van der Waals surface area contributed by atoms with Crippen molar-refractivity contribution in [2.75, 3.05) is 7.05 Å². The number of hydrogen-bond donors (Lipinski definition) is 1. The van der Waals surface area contributed by atoms with E-state index in [2.05, 4.69) is 48.7 Å².